The Morgan fingerprint density at radius 1 is 1.50 bits per heavy atom. The lowest BCUT2D eigenvalue weighted by Crippen LogP contribution is -2.48. The molecule has 0 aliphatic heterocycles. The van der Waals surface area contributed by atoms with E-state index in [1.165, 1.54) is 0 Å². The molecular formula is C14H22N2O2. The van der Waals surface area contributed by atoms with Gasteiger partial charge in [0.25, 0.3) is 5.91 Å². The quantitative estimate of drug-likeness (QED) is 0.805. The minimum Gasteiger partial charge on any atom is -0.369 e. The van der Waals surface area contributed by atoms with Gasteiger partial charge >= 0.3 is 0 Å². The van der Waals surface area contributed by atoms with Crippen LogP contribution in [0.4, 0.5) is 0 Å². The van der Waals surface area contributed by atoms with Gasteiger partial charge in [-0.05, 0) is 39.3 Å². The maximum absolute atomic E-state index is 12.4. The van der Waals surface area contributed by atoms with Gasteiger partial charge in [0.15, 0.2) is 0 Å². The van der Waals surface area contributed by atoms with E-state index in [4.69, 9.17) is 4.74 Å². The first-order valence-electron chi connectivity index (χ1n) is 6.13. The first-order valence-corrected chi connectivity index (χ1v) is 6.13. The van der Waals surface area contributed by atoms with Crippen molar-refractivity contribution in [1.29, 1.82) is 0 Å². The van der Waals surface area contributed by atoms with E-state index in [1.807, 2.05) is 26.0 Å². The summed E-state index contributed by atoms with van der Waals surface area (Å²) in [5.74, 6) is -0.0103. The molecule has 1 amide bonds. The number of amides is 1. The minimum atomic E-state index is -0.799. The third-order valence-electron chi connectivity index (χ3n) is 2.99. The third-order valence-corrected chi connectivity index (χ3v) is 2.99. The average molecular weight is 250 g/mol. The SMILES string of the molecule is COC(C)(C)C(=O)N(Cc1cccnc1)C(C)C. The molecule has 1 aromatic heterocycles. The van der Waals surface area contributed by atoms with E-state index >= 15 is 0 Å². The summed E-state index contributed by atoms with van der Waals surface area (Å²) >= 11 is 0. The molecule has 4 heteroatoms. The van der Waals surface area contributed by atoms with Crippen LogP contribution in [-0.4, -0.2) is 34.5 Å². The van der Waals surface area contributed by atoms with Crippen molar-refractivity contribution in [3.63, 3.8) is 0 Å². The van der Waals surface area contributed by atoms with Crippen LogP contribution in [0.2, 0.25) is 0 Å². The third kappa shape index (κ3) is 3.53. The zero-order valence-electron chi connectivity index (χ0n) is 11.8. The van der Waals surface area contributed by atoms with Crippen LogP contribution in [0.15, 0.2) is 24.5 Å². The summed E-state index contributed by atoms with van der Waals surface area (Å²) in [7, 11) is 1.56. The molecular weight excluding hydrogens is 228 g/mol. The predicted molar refractivity (Wildman–Crippen MR) is 71.0 cm³/mol. The molecule has 0 fully saturated rings. The zero-order valence-corrected chi connectivity index (χ0v) is 11.8. The Balaban J connectivity index is 2.88. The van der Waals surface area contributed by atoms with Gasteiger partial charge in [0.05, 0.1) is 0 Å². The summed E-state index contributed by atoms with van der Waals surface area (Å²) in [5.41, 5.74) is 0.221. The van der Waals surface area contributed by atoms with Crippen molar-refractivity contribution in [2.45, 2.75) is 45.9 Å². The molecule has 18 heavy (non-hydrogen) atoms. The van der Waals surface area contributed by atoms with Crippen molar-refractivity contribution in [2.75, 3.05) is 7.11 Å². The minimum absolute atomic E-state index is 0.0103. The molecule has 4 nitrogen and oxygen atoms in total. The fourth-order valence-electron chi connectivity index (χ4n) is 1.61. The van der Waals surface area contributed by atoms with Crippen LogP contribution >= 0.6 is 0 Å². The molecule has 0 aliphatic rings. The molecule has 0 unspecified atom stereocenters. The summed E-state index contributed by atoms with van der Waals surface area (Å²) in [6.45, 7) is 8.12. The molecule has 1 heterocycles. The number of carbonyl (C=O) groups is 1. The number of pyridine rings is 1. The average Bonchev–Trinajstić information content (AvgIpc) is 2.36. The van der Waals surface area contributed by atoms with E-state index in [0.29, 0.717) is 6.54 Å². The summed E-state index contributed by atoms with van der Waals surface area (Å²) in [6.07, 6.45) is 3.51. The molecule has 0 radical (unpaired) electrons. The Bertz CT molecular complexity index is 388. The molecule has 1 rings (SSSR count). The number of aromatic nitrogens is 1. The van der Waals surface area contributed by atoms with Crippen molar-refractivity contribution < 1.29 is 9.53 Å². The van der Waals surface area contributed by atoms with Gasteiger partial charge in [-0.25, -0.2) is 0 Å². The van der Waals surface area contributed by atoms with E-state index in [-0.39, 0.29) is 11.9 Å². The standard InChI is InChI=1S/C14H22N2O2/c1-11(2)16(13(17)14(3,4)18-5)10-12-7-6-8-15-9-12/h6-9,11H,10H2,1-5H3. The van der Waals surface area contributed by atoms with Crippen LogP contribution in [0, 0.1) is 0 Å². The van der Waals surface area contributed by atoms with Crippen molar-refractivity contribution in [3.05, 3.63) is 30.1 Å². The lowest BCUT2D eigenvalue weighted by molar-refractivity contribution is -0.153. The highest BCUT2D eigenvalue weighted by atomic mass is 16.5. The fourth-order valence-corrected chi connectivity index (χ4v) is 1.61. The van der Waals surface area contributed by atoms with Gasteiger partial charge in [-0.15, -0.1) is 0 Å². The van der Waals surface area contributed by atoms with Crippen LogP contribution in [0.25, 0.3) is 0 Å². The number of carbonyl (C=O) groups excluding carboxylic acids is 1. The van der Waals surface area contributed by atoms with Gasteiger partial charge < -0.3 is 9.64 Å². The van der Waals surface area contributed by atoms with Crippen molar-refractivity contribution in [1.82, 2.24) is 9.88 Å². The molecule has 0 aromatic carbocycles. The van der Waals surface area contributed by atoms with E-state index in [2.05, 4.69) is 4.98 Å². The fraction of sp³-hybridized carbons (Fsp3) is 0.571. The number of rotatable bonds is 5. The Morgan fingerprint density at radius 2 is 2.17 bits per heavy atom. The number of nitrogens with zero attached hydrogens (tertiary/aromatic N) is 2. The van der Waals surface area contributed by atoms with Crippen molar-refractivity contribution in [2.24, 2.45) is 0 Å². The molecule has 0 bridgehead atoms. The highest BCUT2D eigenvalue weighted by molar-refractivity contribution is 5.84. The first kappa shape index (κ1) is 14.6. The normalized spacial score (nSPS) is 11.7. The maximum atomic E-state index is 12.4. The molecule has 0 N–H and O–H groups in total. The van der Waals surface area contributed by atoms with Gasteiger partial charge in [-0.2, -0.15) is 0 Å². The Hall–Kier alpha value is -1.42. The van der Waals surface area contributed by atoms with Crippen LogP contribution in [0.3, 0.4) is 0 Å². The first-order chi connectivity index (χ1) is 8.38. The van der Waals surface area contributed by atoms with Crippen LogP contribution < -0.4 is 0 Å². The lowest BCUT2D eigenvalue weighted by Gasteiger charge is -2.33. The second kappa shape index (κ2) is 5.96. The maximum Gasteiger partial charge on any atom is 0.254 e. The van der Waals surface area contributed by atoms with Gasteiger partial charge in [0.2, 0.25) is 0 Å². The van der Waals surface area contributed by atoms with Crippen LogP contribution in [0.1, 0.15) is 33.3 Å². The molecule has 100 valence electrons. The van der Waals surface area contributed by atoms with Gasteiger partial charge in [0, 0.05) is 32.1 Å². The zero-order chi connectivity index (χ0) is 13.8. The summed E-state index contributed by atoms with van der Waals surface area (Å²) in [4.78, 5) is 18.3. The van der Waals surface area contributed by atoms with Crippen LogP contribution in [-0.2, 0) is 16.1 Å². The highest BCUT2D eigenvalue weighted by Crippen LogP contribution is 2.17. The van der Waals surface area contributed by atoms with Gasteiger partial charge in [-0.1, -0.05) is 6.07 Å². The second-order valence-corrected chi connectivity index (χ2v) is 5.10. The van der Waals surface area contributed by atoms with E-state index in [9.17, 15) is 4.79 Å². The Labute approximate surface area is 109 Å². The van der Waals surface area contributed by atoms with E-state index in [1.54, 1.807) is 38.3 Å². The highest BCUT2D eigenvalue weighted by Gasteiger charge is 2.33. The number of ether oxygens (including phenoxy) is 1. The molecule has 0 saturated carbocycles. The smallest absolute Gasteiger partial charge is 0.254 e. The summed E-state index contributed by atoms with van der Waals surface area (Å²) < 4.78 is 5.26. The molecule has 0 spiro atoms. The van der Waals surface area contributed by atoms with E-state index < -0.39 is 5.60 Å². The molecule has 0 aliphatic carbocycles. The van der Waals surface area contributed by atoms with Crippen LogP contribution in [0.5, 0.6) is 0 Å². The topological polar surface area (TPSA) is 42.4 Å². The van der Waals surface area contributed by atoms with Gasteiger partial charge in [-0.3, -0.25) is 9.78 Å². The van der Waals surface area contributed by atoms with Crippen molar-refractivity contribution >= 4 is 5.91 Å². The number of hydrogen-bond acceptors (Lipinski definition) is 3. The number of methoxy groups -OCH3 is 1. The number of hydrogen-bond donors (Lipinski definition) is 0. The molecule has 1 aromatic rings. The lowest BCUT2D eigenvalue weighted by atomic mass is 10.1. The second-order valence-electron chi connectivity index (χ2n) is 5.10. The summed E-state index contributed by atoms with van der Waals surface area (Å²) in [5, 5.41) is 0. The Kier molecular flexibility index (Phi) is 4.84. The van der Waals surface area contributed by atoms with Gasteiger partial charge in [0.1, 0.15) is 5.60 Å². The largest absolute Gasteiger partial charge is 0.369 e. The van der Waals surface area contributed by atoms with E-state index in [0.717, 1.165) is 5.56 Å². The summed E-state index contributed by atoms with van der Waals surface area (Å²) in [6, 6.07) is 3.96. The monoisotopic (exact) mass is 250 g/mol. The molecule has 0 saturated heterocycles. The Morgan fingerprint density at radius 3 is 2.61 bits per heavy atom. The molecule has 0 atom stereocenters. The van der Waals surface area contributed by atoms with Crippen molar-refractivity contribution in [3.8, 4) is 0 Å². The predicted octanol–water partition coefficient (Wildman–Crippen LogP) is 2.24.